The van der Waals surface area contributed by atoms with Gasteiger partial charge in [0.2, 0.25) is 6.79 Å². The number of hydrogen-bond donors (Lipinski definition) is 0. The van der Waals surface area contributed by atoms with Crippen LogP contribution < -0.4 is 9.47 Å². The second kappa shape index (κ2) is 9.40. The quantitative estimate of drug-likeness (QED) is 0.796. The molecule has 5 nitrogen and oxygen atoms in total. The summed E-state index contributed by atoms with van der Waals surface area (Å²) < 4.78 is 10.9. The van der Waals surface area contributed by atoms with Gasteiger partial charge in [-0.1, -0.05) is 33.8 Å². The molecule has 2 heterocycles. The standard InChI is InChI=1S/C14H18N2O3.2C2H6/c1-10-3-4-11(13-12(10)18-9-19-13)14(17)16-7-5-15(2)6-8-16;2*1-2/h3-4H,5-9H2,1-2H3;2*1-2H3. The first kappa shape index (κ1) is 19.3. The van der Waals surface area contributed by atoms with Crippen molar-refractivity contribution in [3.63, 3.8) is 0 Å². The molecule has 1 saturated heterocycles. The fourth-order valence-electron chi connectivity index (χ4n) is 2.48. The lowest BCUT2D eigenvalue weighted by atomic mass is 10.1. The minimum atomic E-state index is 0.0369. The van der Waals surface area contributed by atoms with E-state index in [1.807, 2.05) is 51.7 Å². The number of carbonyl (C=O) groups is 1. The Hall–Kier alpha value is -1.75. The summed E-state index contributed by atoms with van der Waals surface area (Å²) >= 11 is 0. The maximum atomic E-state index is 12.5. The smallest absolute Gasteiger partial charge is 0.257 e. The van der Waals surface area contributed by atoms with Gasteiger partial charge in [0.25, 0.3) is 5.91 Å². The highest BCUT2D eigenvalue weighted by Crippen LogP contribution is 2.39. The van der Waals surface area contributed by atoms with Crippen molar-refractivity contribution in [2.75, 3.05) is 40.0 Å². The van der Waals surface area contributed by atoms with E-state index in [0.29, 0.717) is 17.1 Å². The Morgan fingerprint density at radius 3 is 2.13 bits per heavy atom. The molecule has 0 radical (unpaired) electrons. The monoisotopic (exact) mass is 322 g/mol. The lowest BCUT2D eigenvalue weighted by molar-refractivity contribution is 0.0659. The van der Waals surface area contributed by atoms with E-state index in [1.54, 1.807) is 0 Å². The maximum Gasteiger partial charge on any atom is 0.257 e. The number of benzene rings is 1. The molecule has 2 aliphatic heterocycles. The van der Waals surface area contributed by atoms with Gasteiger partial charge >= 0.3 is 0 Å². The lowest BCUT2D eigenvalue weighted by Crippen LogP contribution is -2.47. The summed E-state index contributed by atoms with van der Waals surface area (Å²) in [6.07, 6.45) is 0. The third-order valence-electron chi connectivity index (χ3n) is 3.74. The molecule has 0 aliphatic carbocycles. The van der Waals surface area contributed by atoms with Gasteiger partial charge in [0.05, 0.1) is 5.56 Å². The van der Waals surface area contributed by atoms with Crippen molar-refractivity contribution in [1.82, 2.24) is 9.80 Å². The largest absolute Gasteiger partial charge is 0.453 e. The van der Waals surface area contributed by atoms with Crippen LogP contribution in [0.5, 0.6) is 11.5 Å². The topological polar surface area (TPSA) is 42.0 Å². The van der Waals surface area contributed by atoms with Crippen LogP contribution in [0.4, 0.5) is 0 Å². The van der Waals surface area contributed by atoms with Crippen LogP contribution >= 0.6 is 0 Å². The number of nitrogens with zero attached hydrogens (tertiary/aromatic N) is 2. The number of amides is 1. The van der Waals surface area contributed by atoms with Gasteiger partial charge in [0.15, 0.2) is 11.5 Å². The first-order valence-electron chi connectivity index (χ1n) is 8.54. The number of aryl methyl sites for hydroxylation is 1. The van der Waals surface area contributed by atoms with Crippen molar-refractivity contribution in [3.8, 4) is 11.5 Å². The Morgan fingerprint density at radius 1 is 0.957 bits per heavy atom. The first-order valence-corrected chi connectivity index (χ1v) is 8.54. The molecule has 3 rings (SSSR count). The van der Waals surface area contributed by atoms with Gasteiger partial charge in [-0.25, -0.2) is 0 Å². The second-order valence-electron chi connectivity index (χ2n) is 5.09. The van der Waals surface area contributed by atoms with Crippen LogP contribution in [0.1, 0.15) is 43.6 Å². The number of piperazine rings is 1. The zero-order valence-electron chi connectivity index (χ0n) is 15.3. The van der Waals surface area contributed by atoms with Crippen LogP contribution in [0.3, 0.4) is 0 Å². The Labute approximate surface area is 140 Å². The Bertz CT molecular complexity index is 509. The van der Waals surface area contributed by atoms with Crippen LogP contribution in [0.2, 0.25) is 0 Å². The Kier molecular flexibility index (Phi) is 7.89. The Balaban J connectivity index is 0.000000615. The summed E-state index contributed by atoms with van der Waals surface area (Å²) in [6.45, 7) is 13.5. The van der Waals surface area contributed by atoms with E-state index in [0.717, 1.165) is 31.7 Å². The number of likely N-dealkylation sites (N-methyl/N-ethyl adjacent to an activating group) is 1. The van der Waals surface area contributed by atoms with Gasteiger partial charge in [-0.2, -0.15) is 0 Å². The predicted octanol–water partition coefficient (Wildman–Crippen LogP) is 3.16. The van der Waals surface area contributed by atoms with E-state index < -0.39 is 0 Å². The summed E-state index contributed by atoms with van der Waals surface area (Å²) in [5, 5.41) is 0. The van der Waals surface area contributed by atoms with Crippen molar-refractivity contribution in [2.45, 2.75) is 34.6 Å². The fraction of sp³-hybridized carbons (Fsp3) is 0.611. The summed E-state index contributed by atoms with van der Waals surface area (Å²) in [7, 11) is 2.07. The van der Waals surface area contributed by atoms with Crippen molar-refractivity contribution in [3.05, 3.63) is 23.3 Å². The van der Waals surface area contributed by atoms with Crippen molar-refractivity contribution in [2.24, 2.45) is 0 Å². The van der Waals surface area contributed by atoms with Crippen molar-refractivity contribution >= 4 is 5.91 Å². The van der Waals surface area contributed by atoms with Gasteiger partial charge in [0.1, 0.15) is 0 Å². The minimum Gasteiger partial charge on any atom is -0.453 e. The Morgan fingerprint density at radius 2 is 1.52 bits per heavy atom. The fourth-order valence-corrected chi connectivity index (χ4v) is 2.48. The molecule has 2 aliphatic rings. The summed E-state index contributed by atoms with van der Waals surface area (Å²) in [5.41, 5.74) is 1.62. The third kappa shape index (κ3) is 4.38. The SMILES string of the molecule is CC.CC.Cc1ccc(C(=O)N2CCN(C)CC2)c2c1OCO2. The maximum absolute atomic E-state index is 12.5. The highest BCUT2D eigenvalue weighted by Gasteiger charge is 2.28. The number of carbonyl (C=O) groups excluding carboxylic acids is 1. The molecule has 0 bridgehead atoms. The molecule has 0 N–H and O–H groups in total. The van der Waals surface area contributed by atoms with E-state index >= 15 is 0 Å². The molecular weight excluding hydrogens is 292 g/mol. The molecule has 1 amide bonds. The zero-order valence-corrected chi connectivity index (χ0v) is 15.3. The highest BCUT2D eigenvalue weighted by molar-refractivity contribution is 5.98. The van der Waals surface area contributed by atoms with Crippen LogP contribution in [-0.2, 0) is 0 Å². The lowest BCUT2D eigenvalue weighted by Gasteiger charge is -2.32. The van der Waals surface area contributed by atoms with Gasteiger partial charge in [0, 0.05) is 26.2 Å². The molecule has 5 heteroatoms. The van der Waals surface area contributed by atoms with E-state index in [1.165, 1.54) is 0 Å². The molecule has 0 saturated carbocycles. The number of ether oxygens (including phenoxy) is 2. The minimum absolute atomic E-state index is 0.0369. The predicted molar refractivity (Wildman–Crippen MR) is 93.4 cm³/mol. The number of fused-ring (bicyclic) bond motifs is 1. The molecule has 23 heavy (non-hydrogen) atoms. The number of hydrogen-bond acceptors (Lipinski definition) is 4. The highest BCUT2D eigenvalue weighted by atomic mass is 16.7. The van der Waals surface area contributed by atoms with Gasteiger partial charge in [-0.05, 0) is 25.6 Å². The van der Waals surface area contributed by atoms with Crippen LogP contribution in [0.25, 0.3) is 0 Å². The average molecular weight is 322 g/mol. The summed E-state index contributed by atoms with van der Waals surface area (Å²) in [4.78, 5) is 16.7. The van der Waals surface area contributed by atoms with E-state index in [-0.39, 0.29) is 12.7 Å². The van der Waals surface area contributed by atoms with Crippen molar-refractivity contribution < 1.29 is 14.3 Å². The average Bonchev–Trinajstić information content (AvgIpc) is 3.10. The molecule has 1 aromatic rings. The van der Waals surface area contributed by atoms with E-state index in [4.69, 9.17) is 9.47 Å². The summed E-state index contributed by atoms with van der Waals surface area (Å²) in [6, 6.07) is 3.75. The van der Waals surface area contributed by atoms with Crippen molar-refractivity contribution in [1.29, 1.82) is 0 Å². The molecular formula is C18H30N2O3. The third-order valence-corrected chi connectivity index (χ3v) is 3.74. The normalized spacial score (nSPS) is 16.0. The molecule has 1 aromatic carbocycles. The summed E-state index contributed by atoms with van der Waals surface area (Å²) in [5.74, 6) is 1.35. The first-order chi connectivity index (χ1) is 11.2. The van der Waals surface area contributed by atoms with Gasteiger partial charge in [-0.3, -0.25) is 4.79 Å². The molecule has 1 fully saturated rings. The number of rotatable bonds is 1. The molecule has 0 atom stereocenters. The van der Waals surface area contributed by atoms with E-state index in [2.05, 4.69) is 11.9 Å². The van der Waals surface area contributed by atoms with Gasteiger partial charge < -0.3 is 19.3 Å². The van der Waals surface area contributed by atoms with Gasteiger partial charge in [-0.15, -0.1) is 0 Å². The molecule has 0 aromatic heterocycles. The van der Waals surface area contributed by atoms with E-state index in [9.17, 15) is 4.79 Å². The second-order valence-corrected chi connectivity index (χ2v) is 5.09. The zero-order chi connectivity index (χ0) is 17.4. The van der Waals surface area contributed by atoms with Crippen LogP contribution in [0, 0.1) is 6.92 Å². The van der Waals surface area contributed by atoms with Crippen LogP contribution in [0.15, 0.2) is 12.1 Å². The van der Waals surface area contributed by atoms with Crippen LogP contribution in [-0.4, -0.2) is 55.7 Å². The molecule has 0 spiro atoms. The molecule has 130 valence electrons. The molecule has 0 unspecified atom stereocenters.